The van der Waals surface area contributed by atoms with Crippen LogP contribution >= 0.6 is 23.5 Å². The fourth-order valence-corrected chi connectivity index (χ4v) is 2.49. The molecule has 0 radical (unpaired) electrons. The average molecular weight is 208 g/mol. The molecule has 1 unspecified atom stereocenters. The molecule has 4 heteroatoms. The van der Waals surface area contributed by atoms with Gasteiger partial charge in [-0.2, -0.15) is 0 Å². The van der Waals surface area contributed by atoms with Crippen molar-refractivity contribution in [2.75, 3.05) is 38.5 Å². The highest BCUT2D eigenvalue weighted by molar-refractivity contribution is 8.03. The van der Waals surface area contributed by atoms with Crippen LogP contribution in [0.15, 0.2) is 0 Å². The van der Waals surface area contributed by atoms with Crippen LogP contribution in [-0.2, 0) is 0 Å². The first-order chi connectivity index (χ1) is 5.66. The SMILES string of the molecule is CNC(C)SCCSCN(C)C. The lowest BCUT2D eigenvalue weighted by Gasteiger charge is -2.11. The van der Waals surface area contributed by atoms with Gasteiger partial charge in [0, 0.05) is 17.4 Å². The Labute approximate surface area is 84.8 Å². The van der Waals surface area contributed by atoms with Gasteiger partial charge in [0.25, 0.3) is 0 Å². The van der Waals surface area contributed by atoms with Crippen molar-refractivity contribution in [2.24, 2.45) is 0 Å². The molecule has 0 aromatic rings. The summed E-state index contributed by atoms with van der Waals surface area (Å²) in [6.07, 6.45) is 0. The van der Waals surface area contributed by atoms with Crippen LogP contribution in [0.3, 0.4) is 0 Å². The fraction of sp³-hybridized carbons (Fsp3) is 1.00. The van der Waals surface area contributed by atoms with Gasteiger partial charge in [0.2, 0.25) is 0 Å². The molecular weight excluding hydrogens is 188 g/mol. The highest BCUT2D eigenvalue weighted by Gasteiger charge is 1.97. The molecule has 0 saturated carbocycles. The second-order valence-corrected chi connectivity index (χ2v) is 5.44. The maximum atomic E-state index is 3.21. The molecular formula is C8H20N2S2. The van der Waals surface area contributed by atoms with Crippen LogP contribution < -0.4 is 5.32 Å². The van der Waals surface area contributed by atoms with Crippen molar-refractivity contribution in [2.45, 2.75) is 12.3 Å². The van der Waals surface area contributed by atoms with Gasteiger partial charge in [0.1, 0.15) is 0 Å². The number of hydrogen-bond acceptors (Lipinski definition) is 4. The van der Waals surface area contributed by atoms with Crippen molar-refractivity contribution in [1.82, 2.24) is 10.2 Å². The minimum atomic E-state index is 0.588. The minimum Gasteiger partial charge on any atom is -0.309 e. The smallest absolute Gasteiger partial charge is 0.0501 e. The van der Waals surface area contributed by atoms with E-state index in [9.17, 15) is 0 Å². The number of hydrogen-bond donors (Lipinski definition) is 1. The van der Waals surface area contributed by atoms with E-state index in [2.05, 4.69) is 31.2 Å². The molecule has 0 aromatic heterocycles. The van der Waals surface area contributed by atoms with E-state index in [-0.39, 0.29) is 0 Å². The van der Waals surface area contributed by atoms with Gasteiger partial charge in [0.05, 0.1) is 5.37 Å². The quantitative estimate of drug-likeness (QED) is 0.504. The molecule has 2 nitrogen and oxygen atoms in total. The van der Waals surface area contributed by atoms with E-state index in [1.165, 1.54) is 11.5 Å². The Bertz CT molecular complexity index is 99.1. The zero-order chi connectivity index (χ0) is 9.40. The maximum Gasteiger partial charge on any atom is 0.0501 e. The van der Waals surface area contributed by atoms with Crippen molar-refractivity contribution in [3.8, 4) is 0 Å². The molecule has 12 heavy (non-hydrogen) atoms. The Kier molecular flexibility index (Phi) is 8.65. The zero-order valence-corrected chi connectivity index (χ0v) is 10.1. The molecule has 0 spiro atoms. The van der Waals surface area contributed by atoms with Gasteiger partial charge in [-0.15, -0.1) is 23.5 Å². The third-order valence-electron chi connectivity index (χ3n) is 1.35. The van der Waals surface area contributed by atoms with Crippen LogP contribution in [0.4, 0.5) is 0 Å². The van der Waals surface area contributed by atoms with Gasteiger partial charge in [-0.25, -0.2) is 0 Å². The van der Waals surface area contributed by atoms with Crippen molar-refractivity contribution >= 4 is 23.5 Å². The van der Waals surface area contributed by atoms with E-state index in [1.54, 1.807) is 0 Å². The summed E-state index contributed by atoms with van der Waals surface area (Å²) in [5, 5.41) is 3.80. The van der Waals surface area contributed by atoms with Crippen molar-refractivity contribution in [3.05, 3.63) is 0 Å². The summed E-state index contributed by atoms with van der Waals surface area (Å²) in [5.41, 5.74) is 0. The van der Waals surface area contributed by atoms with Gasteiger partial charge in [-0.3, -0.25) is 0 Å². The van der Waals surface area contributed by atoms with E-state index in [0.717, 1.165) is 5.88 Å². The summed E-state index contributed by atoms with van der Waals surface area (Å²) in [6.45, 7) is 2.20. The lowest BCUT2D eigenvalue weighted by atomic mass is 10.8. The number of rotatable bonds is 7. The molecule has 0 aliphatic rings. The van der Waals surface area contributed by atoms with Crippen molar-refractivity contribution < 1.29 is 0 Å². The molecule has 0 aliphatic heterocycles. The Morgan fingerprint density at radius 3 is 2.50 bits per heavy atom. The number of thioether (sulfide) groups is 2. The first kappa shape index (κ1) is 12.6. The normalized spacial score (nSPS) is 13.8. The third-order valence-corrected chi connectivity index (χ3v) is 3.98. The summed E-state index contributed by atoms with van der Waals surface area (Å²) < 4.78 is 0. The van der Waals surface area contributed by atoms with E-state index < -0.39 is 0 Å². The molecule has 0 heterocycles. The second-order valence-electron chi connectivity index (χ2n) is 2.92. The number of nitrogens with zero attached hydrogens (tertiary/aromatic N) is 1. The van der Waals surface area contributed by atoms with Gasteiger partial charge in [-0.1, -0.05) is 0 Å². The summed E-state index contributed by atoms with van der Waals surface area (Å²) in [7, 11) is 6.22. The monoisotopic (exact) mass is 208 g/mol. The van der Waals surface area contributed by atoms with E-state index >= 15 is 0 Å². The molecule has 1 N–H and O–H groups in total. The van der Waals surface area contributed by atoms with E-state index in [4.69, 9.17) is 0 Å². The molecule has 0 aliphatic carbocycles. The highest BCUT2D eigenvalue weighted by atomic mass is 32.2. The zero-order valence-electron chi connectivity index (χ0n) is 8.46. The van der Waals surface area contributed by atoms with Gasteiger partial charge in [0.15, 0.2) is 0 Å². The molecule has 0 rings (SSSR count). The molecule has 0 amide bonds. The summed E-state index contributed by atoms with van der Waals surface area (Å²) >= 11 is 3.97. The van der Waals surface area contributed by atoms with Crippen molar-refractivity contribution in [1.29, 1.82) is 0 Å². The molecule has 74 valence electrons. The second kappa shape index (κ2) is 8.23. The minimum absolute atomic E-state index is 0.588. The Hall–Kier alpha value is 0.620. The summed E-state index contributed by atoms with van der Waals surface area (Å²) in [4.78, 5) is 2.21. The molecule has 0 fully saturated rings. The third kappa shape index (κ3) is 8.71. The Morgan fingerprint density at radius 2 is 2.00 bits per heavy atom. The summed E-state index contributed by atoms with van der Waals surface area (Å²) in [5.74, 6) is 3.61. The lowest BCUT2D eigenvalue weighted by molar-refractivity contribution is 0.485. The number of nitrogens with one attached hydrogen (secondary N) is 1. The van der Waals surface area contributed by atoms with Crippen LogP contribution in [-0.4, -0.2) is 48.8 Å². The molecule has 1 atom stereocenters. The standard InChI is InChI=1S/C8H20N2S2/c1-8(9-2)12-6-5-11-7-10(3)4/h8-9H,5-7H2,1-4H3. The Balaban J connectivity index is 3.00. The van der Waals surface area contributed by atoms with E-state index in [0.29, 0.717) is 5.37 Å². The van der Waals surface area contributed by atoms with Gasteiger partial charge >= 0.3 is 0 Å². The first-order valence-electron chi connectivity index (χ1n) is 4.18. The molecule has 0 bridgehead atoms. The maximum absolute atomic E-state index is 3.21. The van der Waals surface area contributed by atoms with Crippen molar-refractivity contribution in [3.63, 3.8) is 0 Å². The first-order valence-corrected chi connectivity index (χ1v) is 6.38. The lowest BCUT2D eigenvalue weighted by Crippen LogP contribution is -2.18. The largest absolute Gasteiger partial charge is 0.309 e. The summed E-state index contributed by atoms with van der Waals surface area (Å²) in [6, 6.07) is 0. The molecule has 0 aromatic carbocycles. The van der Waals surface area contributed by atoms with Crippen LogP contribution in [0, 0.1) is 0 Å². The van der Waals surface area contributed by atoms with Crippen LogP contribution in [0.5, 0.6) is 0 Å². The average Bonchev–Trinajstić information content (AvgIpc) is 2.03. The predicted molar refractivity (Wildman–Crippen MR) is 62.0 cm³/mol. The Morgan fingerprint density at radius 1 is 1.33 bits per heavy atom. The molecule has 0 saturated heterocycles. The fourth-order valence-electron chi connectivity index (χ4n) is 0.614. The van der Waals surface area contributed by atoms with Gasteiger partial charge in [-0.05, 0) is 28.1 Å². The van der Waals surface area contributed by atoms with Gasteiger partial charge < -0.3 is 10.2 Å². The van der Waals surface area contributed by atoms with E-state index in [1.807, 2.05) is 30.6 Å². The van der Waals surface area contributed by atoms with Crippen LogP contribution in [0.2, 0.25) is 0 Å². The highest BCUT2D eigenvalue weighted by Crippen LogP contribution is 2.10. The topological polar surface area (TPSA) is 15.3 Å². The van der Waals surface area contributed by atoms with Crippen LogP contribution in [0.1, 0.15) is 6.92 Å². The van der Waals surface area contributed by atoms with Crippen LogP contribution in [0.25, 0.3) is 0 Å². The predicted octanol–water partition coefficient (Wildman–Crippen LogP) is 1.54.